The number of morpholine rings is 1. The molecule has 1 saturated heterocycles. The molecule has 3 rings (SSSR count). The van der Waals surface area contributed by atoms with Crippen LogP contribution in [0.25, 0.3) is 0 Å². The number of methoxy groups -OCH3 is 1. The lowest BCUT2D eigenvalue weighted by Crippen LogP contribution is -2.41. The first-order valence-electron chi connectivity index (χ1n) is 8.66. The Hall–Kier alpha value is -2.42. The van der Waals surface area contributed by atoms with Gasteiger partial charge in [0, 0.05) is 37.3 Å². The molecule has 2 N–H and O–H groups in total. The predicted molar refractivity (Wildman–Crippen MR) is 103 cm³/mol. The summed E-state index contributed by atoms with van der Waals surface area (Å²) in [5.41, 5.74) is 0.942. The molecule has 1 amide bonds. The maximum atomic E-state index is 12.4. The summed E-state index contributed by atoms with van der Waals surface area (Å²) >= 11 is 6.04. The average molecular weight is 392 g/mol. The Kier molecular flexibility index (Phi) is 6.80. The van der Waals surface area contributed by atoms with E-state index in [1.807, 2.05) is 0 Å². The summed E-state index contributed by atoms with van der Waals surface area (Å²) in [6, 6.07) is 6.80. The number of halogens is 1. The lowest BCUT2D eigenvalue weighted by Gasteiger charge is -2.26. The number of nitrogens with zero attached hydrogens (tertiary/aromatic N) is 3. The van der Waals surface area contributed by atoms with Crippen molar-refractivity contribution in [1.82, 2.24) is 20.2 Å². The molecule has 1 fully saturated rings. The molecule has 144 valence electrons. The number of rotatable bonds is 7. The number of anilines is 2. The zero-order chi connectivity index (χ0) is 19.1. The largest absolute Gasteiger partial charge is 0.495 e. The number of hydrogen-bond acceptors (Lipinski definition) is 7. The molecule has 2 aromatic rings. The molecule has 0 aliphatic carbocycles. The van der Waals surface area contributed by atoms with Crippen LogP contribution in [0.3, 0.4) is 0 Å². The van der Waals surface area contributed by atoms with E-state index in [1.165, 1.54) is 6.33 Å². The van der Waals surface area contributed by atoms with E-state index in [2.05, 4.69) is 25.5 Å². The van der Waals surface area contributed by atoms with Crippen molar-refractivity contribution in [2.45, 2.75) is 0 Å². The second-order valence-electron chi connectivity index (χ2n) is 5.97. The first-order valence-corrected chi connectivity index (χ1v) is 9.04. The van der Waals surface area contributed by atoms with Gasteiger partial charge in [-0.25, -0.2) is 9.97 Å². The quantitative estimate of drug-likeness (QED) is 0.745. The van der Waals surface area contributed by atoms with Crippen molar-refractivity contribution < 1.29 is 14.3 Å². The van der Waals surface area contributed by atoms with Crippen LogP contribution >= 0.6 is 11.6 Å². The third kappa shape index (κ3) is 5.53. The molecule has 0 bridgehead atoms. The molecular formula is C18H22ClN5O3. The number of carbonyl (C=O) groups excluding carboxylic acids is 1. The van der Waals surface area contributed by atoms with E-state index < -0.39 is 0 Å². The van der Waals surface area contributed by atoms with Gasteiger partial charge < -0.3 is 20.1 Å². The van der Waals surface area contributed by atoms with Crippen molar-refractivity contribution >= 4 is 29.0 Å². The van der Waals surface area contributed by atoms with E-state index in [-0.39, 0.29) is 11.6 Å². The van der Waals surface area contributed by atoms with Crippen LogP contribution in [-0.2, 0) is 4.74 Å². The number of aromatic nitrogens is 2. The van der Waals surface area contributed by atoms with Gasteiger partial charge in [0.25, 0.3) is 5.91 Å². The fraction of sp³-hybridized carbons (Fsp3) is 0.389. The van der Waals surface area contributed by atoms with Gasteiger partial charge in [0.05, 0.1) is 26.0 Å². The molecule has 1 aliphatic rings. The van der Waals surface area contributed by atoms with Crippen molar-refractivity contribution in [3.63, 3.8) is 0 Å². The minimum atomic E-state index is -0.244. The second kappa shape index (κ2) is 9.50. The van der Waals surface area contributed by atoms with Crippen molar-refractivity contribution in [2.75, 3.05) is 51.8 Å². The van der Waals surface area contributed by atoms with Gasteiger partial charge in [-0.05, 0) is 18.2 Å². The summed E-state index contributed by atoms with van der Waals surface area (Å²) in [6.45, 7) is 4.58. The lowest BCUT2D eigenvalue weighted by molar-refractivity contribution is 0.0383. The molecule has 0 unspecified atom stereocenters. The molecule has 2 heterocycles. The first kappa shape index (κ1) is 19.3. The molecule has 0 saturated carbocycles. The summed E-state index contributed by atoms with van der Waals surface area (Å²) in [5.74, 6) is 0.852. The molecule has 1 aromatic carbocycles. The van der Waals surface area contributed by atoms with Crippen molar-refractivity contribution in [3.8, 4) is 5.75 Å². The SMILES string of the molecule is COc1ccc(Cl)cc1Nc1cc(C(=O)NCCN2CCOCC2)ncn1. The lowest BCUT2D eigenvalue weighted by atomic mass is 10.3. The molecule has 0 radical (unpaired) electrons. The highest BCUT2D eigenvalue weighted by Gasteiger charge is 2.13. The van der Waals surface area contributed by atoms with Crippen LogP contribution in [0.2, 0.25) is 5.02 Å². The van der Waals surface area contributed by atoms with Crippen LogP contribution < -0.4 is 15.4 Å². The Labute approximate surface area is 162 Å². The van der Waals surface area contributed by atoms with E-state index in [0.717, 1.165) is 32.8 Å². The molecule has 0 atom stereocenters. The highest BCUT2D eigenvalue weighted by atomic mass is 35.5. The summed E-state index contributed by atoms with van der Waals surface area (Å²) in [5, 5.41) is 6.55. The number of hydrogen-bond donors (Lipinski definition) is 2. The summed E-state index contributed by atoms with van der Waals surface area (Å²) in [4.78, 5) is 22.8. The highest BCUT2D eigenvalue weighted by Crippen LogP contribution is 2.29. The number of nitrogens with one attached hydrogen (secondary N) is 2. The number of carbonyl (C=O) groups is 1. The molecule has 0 spiro atoms. The van der Waals surface area contributed by atoms with Crippen molar-refractivity contribution in [3.05, 3.63) is 41.3 Å². The van der Waals surface area contributed by atoms with Crippen LogP contribution in [-0.4, -0.2) is 67.3 Å². The Morgan fingerprint density at radius 2 is 2.11 bits per heavy atom. The monoisotopic (exact) mass is 391 g/mol. The number of amides is 1. The van der Waals surface area contributed by atoms with E-state index in [4.69, 9.17) is 21.1 Å². The fourth-order valence-electron chi connectivity index (χ4n) is 2.71. The zero-order valence-corrected chi connectivity index (χ0v) is 15.8. The molecule has 8 nitrogen and oxygen atoms in total. The van der Waals surface area contributed by atoms with E-state index in [9.17, 15) is 4.79 Å². The average Bonchev–Trinajstić information content (AvgIpc) is 2.69. The van der Waals surface area contributed by atoms with E-state index in [1.54, 1.807) is 31.4 Å². The zero-order valence-electron chi connectivity index (χ0n) is 15.1. The van der Waals surface area contributed by atoms with Gasteiger partial charge in [-0.15, -0.1) is 0 Å². The second-order valence-corrected chi connectivity index (χ2v) is 6.40. The van der Waals surface area contributed by atoms with E-state index >= 15 is 0 Å². The molecule has 1 aromatic heterocycles. The normalized spacial score (nSPS) is 14.6. The van der Waals surface area contributed by atoms with Crippen molar-refractivity contribution in [2.24, 2.45) is 0 Å². The third-order valence-electron chi connectivity index (χ3n) is 4.14. The van der Waals surface area contributed by atoms with Gasteiger partial charge in [0.1, 0.15) is 23.6 Å². The number of ether oxygens (including phenoxy) is 2. The van der Waals surface area contributed by atoms with E-state index in [0.29, 0.717) is 28.8 Å². The van der Waals surface area contributed by atoms with Gasteiger partial charge in [-0.1, -0.05) is 11.6 Å². The number of benzene rings is 1. The topological polar surface area (TPSA) is 88.6 Å². The Balaban J connectivity index is 1.59. The Morgan fingerprint density at radius 3 is 2.89 bits per heavy atom. The summed E-state index contributed by atoms with van der Waals surface area (Å²) in [7, 11) is 1.57. The van der Waals surface area contributed by atoms with Crippen LogP contribution in [0.1, 0.15) is 10.5 Å². The van der Waals surface area contributed by atoms with Crippen LogP contribution in [0.4, 0.5) is 11.5 Å². The molecule has 27 heavy (non-hydrogen) atoms. The minimum Gasteiger partial charge on any atom is -0.495 e. The van der Waals surface area contributed by atoms with Crippen LogP contribution in [0.5, 0.6) is 5.75 Å². The molecular weight excluding hydrogens is 370 g/mol. The Morgan fingerprint density at radius 1 is 1.30 bits per heavy atom. The van der Waals surface area contributed by atoms with Crippen LogP contribution in [0, 0.1) is 0 Å². The maximum Gasteiger partial charge on any atom is 0.270 e. The fourth-order valence-corrected chi connectivity index (χ4v) is 2.88. The Bertz CT molecular complexity index is 783. The summed E-state index contributed by atoms with van der Waals surface area (Å²) in [6.07, 6.45) is 1.34. The van der Waals surface area contributed by atoms with Gasteiger partial charge in [-0.3, -0.25) is 9.69 Å². The van der Waals surface area contributed by atoms with Crippen LogP contribution in [0.15, 0.2) is 30.6 Å². The van der Waals surface area contributed by atoms with Gasteiger partial charge >= 0.3 is 0 Å². The minimum absolute atomic E-state index is 0.244. The van der Waals surface area contributed by atoms with Gasteiger partial charge in [-0.2, -0.15) is 0 Å². The first-order chi connectivity index (χ1) is 13.2. The smallest absolute Gasteiger partial charge is 0.270 e. The summed E-state index contributed by atoms with van der Waals surface area (Å²) < 4.78 is 10.6. The standard InChI is InChI=1S/C18H22ClN5O3/c1-26-16-3-2-13(19)10-14(16)23-17-11-15(21-12-22-17)18(25)20-4-5-24-6-8-27-9-7-24/h2-3,10-12H,4-9H2,1H3,(H,20,25)(H,21,22,23). The molecule has 9 heteroatoms. The van der Waals surface area contributed by atoms with Gasteiger partial charge in [0.2, 0.25) is 0 Å². The molecule has 1 aliphatic heterocycles. The predicted octanol–water partition coefficient (Wildman–Crippen LogP) is 1.94. The third-order valence-corrected chi connectivity index (χ3v) is 4.38. The van der Waals surface area contributed by atoms with Crippen molar-refractivity contribution in [1.29, 1.82) is 0 Å². The highest BCUT2D eigenvalue weighted by molar-refractivity contribution is 6.31. The maximum absolute atomic E-state index is 12.4. The van der Waals surface area contributed by atoms with Gasteiger partial charge in [0.15, 0.2) is 0 Å².